The van der Waals surface area contributed by atoms with Gasteiger partial charge in [-0.05, 0) is 30.2 Å². The number of benzene rings is 1. The maximum Gasteiger partial charge on any atom is 0.307 e. The molecule has 0 atom stereocenters. The van der Waals surface area contributed by atoms with E-state index < -0.39 is 5.97 Å². The van der Waals surface area contributed by atoms with Gasteiger partial charge in [-0.15, -0.1) is 0 Å². The van der Waals surface area contributed by atoms with Crippen LogP contribution in [-0.4, -0.2) is 22.3 Å². The SMILES string of the molecule is Cc1ccc(OCc2ccccc2CC(=O)O)c(C=O)n1. The first kappa shape index (κ1) is 14.7. The van der Waals surface area contributed by atoms with Gasteiger partial charge < -0.3 is 9.84 Å². The molecule has 0 spiro atoms. The number of hydrogen-bond acceptors (Lipinski definition) is 4. The summed E-state index contributed by atoms with van der Waals surface area (Å²) in [6, 6.07) is 10.6. The number of aromatic nitrogens is 1. The summed E-state index contributed by atoms with van der Waals surface area (Å²) in [7, 11) is 0. The molecule has 108 valence electrons. The van der Waals surface area contributed by atoms with Gasteiger partial charge in [0.2, 0.25) is 0 Å². The van der Waals surface area contributed by atoms with Gasteiger partial charge in [-0.25, -0.2) is 4.98 Å². The van der Waals surface area contributed by atoms with E-state index in [9.17, 15) is 9.59 Å². The number of carboxylic acid groups (broad SMARTS) is 1. The van der Waals surface area contributed by atoms with Crippen molar-refractivity contribution >= 4 is 12.3 Å². The second kappa shape index (κ2) is 6.65. The summed E-state index contributed by atoms with van der Waals surface area (Å²) >= 11 is 0. The molecular formula is C16H15NO4. The number of aryl methyl sites for hydroxylation is 1. The fraction of sp³-hybridized carbons (Fsp3) is 0.188. The molecule has 21 heavy (non-hydrogen) atoms. The molecule has 0 radical (unpaired) electrons. The smallest absolute Gasteiger partial charge is 0.307 e. The molecule has 0 fully saturated rings. The van der Waals surface area contributed by atoms with E-state index in [-0.39, 0.29) is 18.7 Å². The van der Waals surface area contributed by atoms with Crippen LogP contribution >= 0.6 is 0 Å². The quantitative estimate of drug-likeness (QED) is 0.825. The van der Waals surface area contributed by atoms with E-state index in [0.717, 1.165) is 11.3 Å². The lowest BCUT2D eigenvalue weighted by molar-refractivity contribution is -0.136. The summed E-state index contributed by atoms with van der Waals surface area (Å²) in [5.41, 5.74) is 2.44. The zero-order valence-electron chi connectivity index (χ0n) is 11.6. The summed E-state index contributed by atoms with van der Waals surface area (Å²) in [4.78, 5) is 25.9. The largest absolute Gasteiger partial charge is 0.487 e. The molecule has 5 nitrogen and oxygen atoms in total. The van der Waals surface area contributed by atoms with Crippen LogP contribution in [0, 0.1) is 6.92 Å². The highest BCUT2D eigenvalue weighted by atomic mass is 16.5. The Bertz CT molecular complexity index is 667. The molecule has 1 aromatic carbocycles. The van der Waals surface area contributed by atoms with E-state index in [1.165, 1.54) is 0 Å². The molecule has 0 aliphatic rings. The van der Waals surface area contributed by atoms with Crippen molar-refractivity contribution in [2.75, 3.05) is 0 Å². The molecule has 0 bridgehead atoms. The molecule has 0 saturated carbocycles. The van der Waals surface area contributed by atoms with Crippen molar-refractivity contribution < 1.29 is 19.4 Å². The number of pyridine rings is 1. The normalized spacial score (nSPS) is 10.1. The molecule has 0 aliphatic carbocycles. The lowest BCUT2D eigenvalue weighted by Crippen LogP contribution is -2.07. The Morgan fingerprint density at radius 2 is 1.95 bits per heavy atom. The van der Waals surface area contributed by atoms with Gasteiger partial charge in [0.25, 0.3) is 0 Å². The fourth-order valence-corrected chi connectivity index (χ4v) is 1.96. The minimum absolute atomic E-state index is 0.0633. The van der Waals surface area contributed by atoms with E-state index in [4.69, 9.17) is 9.84 Å². The van der Waals surface area contributed by atoms with E-state index >= 15 is 0 Å². The summed E-state index contributed by atoms with van der Waals surface area (Å²) in [6.07, 6.45) is 0.581. The molecule has 1 aromatic heterocycles. The Morgan fingerprint density at radius 3 is 2.62 bits per heavy atom. The number of ether oxygens (including phenoxy) is 1. The Balaban J connectivity index is 2.17. The third kappa shape index (κ3) is 3.89. The monoisotopic (exact) mass is 285 g/mol. The first-order chi connectivity index (χ1) is 10.1. The average Bonchev–Trinajstić information content (AvgIpc) is 2.46. The number of carbonyl (C=O) groups excluding carboxylic acids is 1. The standard InChI is InChI=1S/C16H15NO4/c1-11-6-7-15(14(9-18)17-11)21-10-13-5-3-2-4-12(13)8-16(19)20/h2-7,9H,8,10H2,1H3,(H,19,20). The predicted molar refractivity (Wildman–Crippen MR) is 76.5 cm³/mol. The third-order valence-electron chi connectivity index (χ3n) is 2.98. The topological polar surface area (TPSA) is 76.5 Å². The number of carboxylic acids is 1. The van der Waals surface area contributed by atoms with Crippen molar-refractivity contribution in [3.05, 3.63) is 58.9 Å². The van der Waals surface area contributed by atoms with E-state index in [0.29, 0.717) is 17.6 Å². The van der Waals surface area contributed by atoms with Gasteiger partial charge in [-0.1, -0.05) is 24.3 Å². The maximum absolute atomic E-state index is 11.0. The Kier molecular flexibility index (Phi) is 4.66. The summed E-state index contributed by atoms with van der Waals surface area (Å²) in [5, 5.41) is 8.89. The van der Waals surface area contributed by atoms with Gasteiger partial charge in [0.05, 0.1) is 6.42 Å². The van der Waals surface area contributed by atoms with E-state index in [1.54, 1.807) is 37.3 Å². The second-order valence-electron chi connectivity index (χ2n) is 4.58. The van der Waals surface area contributed by atoms with Crippen molar-refractivity contribution in [3.63, 3.8) is 0 Å². The van der Waals surface area contributed by atoms with E-state index in [2.05, 4.69) is 4.98 Å². The molecule has 2 rings (SSSR count). The number of nitrogens with zero attached hydrogens (tertiary/aromatic N) is 1. The molecule has 5 heteroatoms. The van der Waals surface area contributed by atoms with E-state index in [1.807, 2.05) is 6.07 Å². The van der Waals surface area contributed by atoms with Crippen LogP contribution in [0.5, 0.6) is 5.75 Å². The van der Waals surface area contributed by atoms with Gasteiger partial charge in [-0.2, -0.15) is 0 Å². The Morgan fingerprint density at radius 1 is 1.24 bits per heavy atom. The number of carbonyl (C=O) groups is 2. The fourth-order valence-electron chi connectivity index (χ4n) is 1.96. The lowest BCUT2D eigenvalue weighted by atomic mass is 10.1. The molecule has 2 aromatic rings. The van der Waals surface area contributed by atoms with Crippen molar-refractivity contribution in [3.8, 4) is 5.75 Å². The minimum atomic E-state index is -0.895. The molecule has 0 saturated heterocycles. The zero-order chi connectivity index (χ0) is 15.2. The average molecular weight is 285 g/mol. The molecule has 0 aliphatic heterocycles. The number of rotatable bonds is 6. The van der Waals surface area contributed by atoms with Crippen LogP contribution in [0.2, 0.25) is 0 Å². The Labute approximate surface area is 122 Å². The van der Waals surface area contributed by atoms with Crippen LogP contribution in [0.25, 0.3) is 0 Å². The summed E-state index contributed by atoms with van der Waals surface area (Å²) in [5.74, 6) is -0.506. The number of aldehydes is 1. The molecule has 0 unspecified atom stereocenters. The first-order valence-electron chi connectivity index (χ1n) is 6.44. The predicted octanol–water partition coefficient (Wildman–Crippen LogP) is 2.41. The van der Waals surface area contributed by atoms with Crippen LogP contribution in [0.3, 0.4) is 0 Å². The van der Waals surface area contributed by atoms with Crippen molar-refractivity contribution in [2.45, 2.75) is 20.0 Å². The lowest BCUT2D eigenvalue weighted by Gasteiger charge is -2.11. The van der Waals surface area contributed by atoms with Crippen LogP contribution in [-0.2, 0) is 17.8 Å². The van der Waals surface area contributed by atoms with Crippen molar-refractivity contribution in [2.24, 2.45) is 0 Å². The Hall–Kier alpha value is -2.69. The number of aliphatic carboxylic acids is 1. The highest BCUT2D eigenvalue weighted by Crippen LogP contribution is 2.18. The number of hydrogen-bond donors (Lipinski definition) is 1. The third-order valence-corrected chi connectivity index (χ3v) is 2.98. The summed E-state index contributed by atoms with van der Waals surface area (Å²) < 4.78 is 5.60. The highest BCUT2D eigenvalue weighted by molar-refractivity contribution is 5.76. The molecular weight excluding hydrogens is 270 g/mol. The van der Waals surface area contributed by atoms with Crippen LogP contribution < -0.4 is 4.74 Å². The van der Waals surface area contributed by atoms with Gasteiger partial charge in [0.1, 0.15) is 18.1 Å². The van der Waals surface area contributed by atoms with Crippen molar-refractivity contribution in [1.29, 1.82) is 0 Å². The highest BCUT2D eigenvalue weighted by Gasteiger charge is 2.09. The first-order valence-corrected chi connectivity index (χ1v) is 6.44. The van der Waals surface area contributed by atoms with Crippen LogP contribution in [0.4, 0.5) is 0 Å². The molecule has 1 heterocycles. The van der Waals surface area contributed by atoms with Gasteiger partial charge >= 0.3 is 5.97 Å². The summed E-state index contributed by atoms with van der Waals surface area (Å²) in [6.45, 7) is 1.98. The van der Waals surface area contributed by atoms with Gasteiger partial charge in [0.15, 0.2) is 6.29 Å². The van der Waals surface area contributed by atoms with Crippen LogP contribution in [0.15, 0.2) is 36.4 Å². The second-order valence-corrected chi connectivity index (χ2v) is 4.58. The van der Waals surface area contributed by atoms with Crippen molar-refractivity contribution in [1.82, 2.24) is 4.98 Å². The maximum atomic E-state index is 11.0. The van der Waals surface area contributed by atoms with Gasteiger partial charge in [-0.3, -0.25) is 9.59 Å². The van der Waals surface area contributed by atoms with Crippen LogP contribution in [0.1, 0.15) is 27.3 Å². The molecule has 0 amide bonds. The van der Waals surface area contributed by atoms with Gasteiger partial charge in [0, 0.05) is 5.69 Å². The zero-order valence-corrected chi connectivity index (χ0v) is 11.6. The molecule has 1 N–H and O–H groups in total. The minimum Gasteiger partial charge on any atom is -0.487 e.